The molecule has 3 heterocycles. The van der Waals surface area contributed by atoms with E-state index in [2.05, 4.69) is 39.6 Å². The molecular formula is C21H35N5O. The highest BCUT2D eigenvalue weighted by molar-refractivity contribution is 5.31. The summed E-state index contributed by atoms with van der Waals surface area (Å²) in [4.78, 5) is 17.0. The van der Waals surface area contributed by atoms with E-state index in [0.29, 0.717) is 0 Å². The van der Waals surface area contributed by atoms with Crippen LogP contribution in [0.3, 0.4) is 0 Å². The number of morpholine rings is 1. The first kappa shape index (κ1) is 19.1. The Balaban J connectivity index is 1.31. The lowest BCUT2D eigenvalue weighted by Gasteiger charge is -2.40. The number of ether oxygens (including phenoxy) is 1. The molecule has 150 valence electrons. The van der Waals surface area contributed by atoms with Crippen molar-refractivity contribution in [3.8, 4) is 0 Å². The fourth-order valence-electron chi connectivity index (χ4n) is 4.93. The van der Waals surface area contributed by atoms with Crippen molar-refractivity contribution in [3.63, 3.8) is 0 Å². The summed E-state index contributed by atoms with van der Waals surface area (Å²) in [7, 11) is 0. The second-order valence-electron chi connectivity index (χ2n) is 8.61. The van der Waals surface area contributed by atoms with Gasteiger partial charge in [-0.05, 0) is 32.8 Å². The molecule has 2 saturated heterocycles. The fraction of sp³-hybridized carbons (Fsp3) is 0.810. The Morgan fingerprint density at radius 1 is 1.00 bits per heavy atom. The number of aromatic nitrogens is 2. The maximum absolute atomic E-state index is 5.84. The van der Waals surface area contributed by atoms with Gasteiger partial charge in [-0.1, -0.05) is 19.3 Å². The van der Waals surface area contributed by atoms with Crippen LogP contribution in [0, 0.1) is 0 Å². The zero-order valence-corrected chi connectivity index (χ0v) is 17.0. The summed E-state index contributed by atoms with van der Waals surface area (Å²) >= 11 is 0. The van der Waals surface area contributed by atoms with Crippen molar-refractivity contribution in [1.29, 1.82) is 0 Å². The van der Waals surface area contributed by atoms with Gasteiger partial charge in [0, 0.05) is 58.1 Å². The van der Waals surface area contributed by atoms with Crippen LogP contribution in [0.2, 0.25) is 0 Å². The molecule has 27 heavy (non-hydrogen) atoms. The van der Waals surface area contributed by atoms with Crippen molar-refractivity contribution in [2.45, 2.75) is 70.7 Å². The van der Waals surface area contributed by atoms with Crippen LogP contribution < -0.4 is 4.90 Å². The van der Waals surface area contributed by atoms with Gasteiger partial charge < -0.3 is 9.64 Å². The number of piperazine rings is 1. The molecule has 6 heteroatoms. The van der Waals surface area contributed by atoms with Crippen molar-refractivity contribution in [2.24, 2.45) is 0 Å². The third-order valence-electron chi connectivity index (χ3n) is 6.29. The summed E-state index contributed by atoms with van der Waals surface area (Å²) in [5.74, 6) is 0.857. The largest absolute Gasteiger partial charge is 0.372 e. The quantitative estimate of drug-likeness (QED) is 0.808. The first-order chi connectivity index (χ1) is 13.2. The maximum Gasteiger partial charge on any atom is 0.225 e. The van der Waals surface area contributed by atoms with Crippen molar-refractivity contribution < 1.29 is 4.74 Å². The van der Waals surface area contributed by atoms with Crippen molar-refractivity contribution in [2.75, 3.05) is 44.2 Å². The number of hydrogen-bond donors (Lipinski definition) is 0. The molecule has 0 spiro atoms. The van der Waals surface area contributed by atoms with E-state index < -0.39 is 0 Å². The molecule has 1 aliphatic carbocycles. The first-order valence-corrected chi connectivity index (χ1v) is 10.9. The summed E-state index contributed by atoms with van der Waals surface area (Å²) in [6.07, 6.45) is 9.48. The highest BCUT2D eigenvalue weighted by Crippen LogP contribution is 2.24. The minimum Gasteiger partial charge on any atom is -0.372 e. The zero-order chi connectivity index (χ0) is 18.6. The smallest absolute Gasteiger partial charge is 0.225 e. The molecular weight excluding hydrogens is 338 g/mol. The molecule has 3 fully saturated rings. The van der Waals surface area contributed by atoms with E-state index in [1.807, 2.05) is 6.20 Å². The number of hydrogen-bond acceptors (Lipinski definition) is 6. The van der Waals surface area contributed by atoms with E-state index >= 15 is 0 Å². The highest BCUT2D eigenvalue weighted by atomic mass is 16.5. The van der Waals surface area contributed by atoms with Gasteiger partial charge in [-0.2, -0.15) is 0 Å². The van der Waals surface area contributed by atoms with Gasteiger partial charge in [-0.3, -0.25) is 9.80 Å². The highest BCUT2D eigenvalue weighted by Gasteiger charge is 2.26. The Labute approximate surface area is 163 Å². The van der Waals surface area contributed by atoms with Crippen molar-refractivity contribution in [3.05, 3.63) is 18.0 Å². The Morgan fingerprint density at radius 2 is 1.70 bits per heavy atom. The Morgan fingerprint density at radius 3 is 2.41 bits per heavy atom. The minimum absolute atomic E-state index is 0.230. The molecule has 1 aromatic rings. The second kappa shape index (κ2) is 8.84. The molecule has 2 aliphatic heterocycles. The molecule has 0 aromatic carbocycles. The van der Waals surface area contributed by atoms with E-state index in [0.717, 1.165) is 50.4 Å². The van der Waals surface area contributed by atoms with E-state index in [9.17, 15) is 0 Å². The van der Waals surface area contributed by atoms with Gasteiger partial charge in [0.1, 0.15) is 0 Å². The third-order valence-corrected chi connectivity index (χ3v) is 6.29. The molecule has 2 unspecified atom stereocenters. The van der Waals surface area contributed by atoms with E-state index in [-0.39, 0.29) is 12.2 Å². The molecule has 1 saturated carbocycles. The van der Waals surface area contributed by atoms with Gasteiger partial charge in [-0.15, -0.1) is 0 Å². The predicted molar refractivity (Wildman–Crippen MR) is 108 cm³/mol. The van der Waals surface area contributed by atoms with E-state index in [1.54, 1.807) is 0 Å². The predicted octanol–water partition coefficient (Wildman–Crippen LogP) is 2.54. The van der Waals surface area contributed by atoms with E-state index in [1.165, 1.54) is 45.2 Å². The van der Waals surface area contributed by atoms with Crippen LogP contribution in [0.15, 0.2) is 12.3 Å². The van der Waals surface area contributed by atoms with Gasteiger partial charge in [0.05, 0.1) is 17.9 Å². The molecule has 4 rings (SSSR count). The Hall–Kier alpha value is -1.24. The van der Waals surface area contributed by atoms with Crippen molar-refractivity contribution in [1.82, 2.24) is 19.8 Å². The summed E-state index contributed by atoms with van der Waals surface area (Å²) in [5.41, 5.74) is 1.14. The lowest BCUT2D eigenvalue weighted by molar-refractivity contribution is -0.00574. The Bertz CT molecular complexity index is 588. The molecule has 0 amide bonds. The number of anilines is 1. The Kier molecular flexibility index (Phi) is 6.25. The lowest BCUT2D eigenvalue weighted by atomic mass is 9.94. The normalized spacial score (nSPS) is 29.2. The molecule has 0 bridgehead atoms. The summed E-state index contributed by atoms with van der Waals surface area (Å²) in [6, 6.07) is 2.92. The maximum atomic E-state index is 5.84. The average molecular weight is 374 g/mol. The van der Waals surface area contributed by atoms with Crippen LogP contribution in [0.4, 0.5) is 5.95 Å². The van der Waals surface area contributed by atoms with Crippen LogP contribution in [-0.2, 0) is 11.3 Å². The molecule has 0 N–H and O–H groups in total. The topological polar surface area (TPSA) is 44.7 Å². The molecule has 1 aromatic heterocycles. The fourth-order valence-corrected chi connectivity index (χ4v) is 4.93. The molecule has 0 radical (unpaired) electrons. The number of nitrogens with zero attached hydrogens (tertiary/aromatic N) is 5. The standard InChI is InChI=1S/C21H35N5O/c1-17-14-26(15-18(2)27-17)21-22-9-8-19(23-21)16-24-10-12-25(13-11-24)20-6-4-3-5-7-20/h8-9,17-18,20H,3-7,10-16H2,1-2H3. The van der Waals surface area contributed by atoms with Gasteiger partial charge in [0.2, 0.25) is 5.95 Å². The van der Waals surface area contributed by atoms with Gasteiger partial charge >= 0.3 is 0 Å². The number of rotatable bonds is 4. The zero-order valence-electron chi connectivity index (χ0n) is 17.0. The summed E-state index contributed by atoms with van der Waals surface area (Å²) in [6.45, 7) is 11.6. The van der Waals surface area contributed by atoms with Crippen LogP contribution in [-0.4, -0.2) is 77.3 Å². The summed E-state index contributed by atoms with van der Waals surface area (Å²) < 4.78 is 5.84. The van der Waals surface area contributed by atoms with E-state index in [4.69, 9.17) is 9.72 Å². The van der Waals surface area contributed by atoms with Crippen LogP contribution in [0.1, 0.15) is 51.6 Å². The van der Waals surface area contributed by atoms with Crippen LogP contribution in [0.5, 0.6) is 0 Å². The van der Waals surface area contributed by atoms with Crippen molar-refractivity contribution >= 4 is 5.95 Å². The minimum atomic E-state index is 0.230. The average Bonchev–Trinajstić information content (AvgIpc) is 2.69. The van der Waals surface area contributed by atoms with Gasteiger partial charge in [0.25, 0.3) is 0 Å². The first-order valence-electron chi connectivity index (χ1n) is 10.9. The lowest BCUT2D eigenvalue weighted by Crippen LogP contribution is -2.50. The van der Waals surface area contributed by atoms with Gasteiger partial charge in [0.15, 0.2) is 0 Å². The molecule has 6 nitrogen and oxygen atoms in total. The summed E-state index contributed by atoms with van der Waals surface area (Å²) in [5, 5.41) is 0. The van der Waals surface area contributed by atoms with Crippen LogP contribution >= 0.6 is 0 Å². The van der Waals surface area contributed by atoms with Gasteiger partial charge in [-0.25, -0.2) is 9.97 Å². The second-order valence-corrected chi connectivity index (χ2v) is 8.61. The third kappa shape index (κ3) is 4.98. The van der Waals surface area contributed by atoms with Crippen LogP contribution in [0.25, 0.3) is 0 Å². The molecule has 3 aliphatic rings. The SMILES string of the molecule is CC1CN(c2nccc(CN3CCN(C4CCCCC4)CC3)n2)CC(C)O1. The molecule has 2 atom stereocenters. The monoisotopic (exact) mass is 373 g/mol.